The first-order chi connectivity index (χ1) is 6.75. The van der Waals surface area contributed by atoms with Crippen molar-refractivity contribution >= 4 is 17.5 Å². The third-order valence-corrected chi connectivity index (χ3v) is 2.74. The zero-order chi connectivity index (χ0) is 9.97. The lowest BCUT2D eigenvalue weighted by atomic mass is 9.85. The Balaban J connectivity index is 1.79. The van der Waals surface area contributed by atoms with Gasteiger partial charge in [-0.25, -0.2) is 0 Å². The summed E-state index contributed by atoms with van der Waals surface area (Å²) in [5, 5.41) is 3.18. The van der Waals surface area contributed by atoms with Crippen LogP contribution in [0.2, 0.25) is 5.22 Å². The molecule has 76 valence electrons. The highest BCUT2D eigenvalue weighted by Gasteiger charge is 2.24. The van der Waals surface area contributed by atoms with Gasteiger partial charge in [0, 0.05) is 5.92 Å². The monoisotopic (exact) mass is 213 g/mol. The van der Waals surface area contributed by atoms with Crippen molar-refractivity contribution in [3.8, 4) is 0 Å². The number of furan rings is 1. The van der Waals surface area contributed by atoms with Gasteiger partial charge in [-0.15, -0.1) is 0 Å². The number of nitrogens with one attached hydrogen (secondary N) is 1. The molecule has 0 bridgehead atoms. The predicted octanol–water partition coefficient (Wildman–Crippen LogP) is 2.35. The fourth-order valence-corrected chi connectivity index (χ4v) is 1.60. The molecular weight excluding hydrogens is 202 g/mol. The van der Waals surface area contributed by atoms with Gasteiger partial charge < -0.3 is 9.73 Å². The highest BCUT2D eigenvalue weighted by atomic mass is 35.5. The Morgan fingerprint density at radius 3 is 2.86 bits per heavy atom. The van der Waals surface area contributed by atoms with Crippen molar-refractivity contribution in [3.63, 3.8) is 0 Å². The van der Waals surface area contributed by atoms with Gasteiger partial charge in [0.25, 0.3) is 0 Å². The van der Waals surface area contributed by atoms with Crippen molar-refractivity contribution in [2.75, 3.05) is 0 Å². The van der Waals surface area contributed by atoms with Crippen LogP contribution in [-0.4, -0.2) is 5.91 Å². The van der Waals surface area contributed by atoms with Gasteiger partial charge in [0.2, 0.25) is 5.91 Å². The number of carbonyl (C=O) groups excluding carboxylic acids is 1. The first kappa shape index (κ1) is 9.59. The topological polar surface area (TPSA) is 42.2 Å². The van der Waals surface area contributed by atoms with Crippen LogP contribution in [0.5, 0.6) is 0 Å². The van der Waals surface area contributed by atoms with E-state index in [1.165, 1.54) is 6.42 Å². The Hall–Kier alpha value is -0.960. The van der Waals surface area contributed by atoms with E-state index >= 15 is 0 Å². The third-order valence-electron chi connectivity index (χ3n) is 2.54. The maximum absolute atomic E-state index is 11.4. The normalized spacial score (nSPS) is 16.4. The number of halogens is 1. The Labute approximate surface area is 87.4 Å². The molecule has 3 nitrogen and oxygen atoms in total. The molecule has 0 saturated heterocycles. The van der Waals surface area contributed by atoms with E-state index in [9.17, 15) is 4.79 Å². The maximum Gasteiger partial charge on any atom is 0.223 e. The Bertz CT molecular complexity index is 331. The summed E-state index contributed by atoms with van der Waals surface area (Å²) in [5.74, 6) is 1.05. The van der Waals surface area contributed by atoms with Gasteiger partial charge in [0.15, 0.2) is 5.22 Å². The molecule has 1 amide bonds. The predicted molar refractivity (Wildman–Crippen MR) is 52.9 cm³/mol. The SMILES string of the molecule is O=C(NCc1ccc(Cl)o1)C1CCC1. The van der Waals surface area contributed by atoms with Gasteiger partial charge in [0.05, 0.1) is 6.54 Å². The zero-order valence-corrected chi connectivity index (χ0v) is 8.51. The quantitative estimate of drug-likeness (QED) is 0.838. The van der Waals surface area contributed by atoms with Gasteiger partial charge in [0.1, 0.15) is 5.76 Å². The second kappa shape index (κ2) is 4.05. The number of hydrogen-bond acceptors (Lipinski definition) is 2. The molecule has 1 N–H and O–H groups in total. The Morgan fingerprint density at radius 1 is 1.57 bits per heavy atom. The fourth-order valence-electron chi connectivity index (χ4n) is 1.44. The molecule has 1 heterocycles. The van der Waals surface area contributed by atoms with E-state index in [4.69, 9.17) is 16.0 Å². The summed E-state index contributed by atoms with van der Waals surface area (Å²) in [5.41, 5.74) is 0. The van der Waals surface area contributed by atoms with E-state index in [2.05, 4.69) is 5.32 Å². The Kier molecular flexibility index (Phi) is 2.77. The molecule has 2 rings (SSSR count). The van der Waals surface area contributed by atoms with Crippen LogP contribution in [0.25, 0.3) is 0 Å². The highest BCUT2D eigenvalue weighted by molar-refractivity contribution is 6.28. The molecular formula is C10H12ClNO2. The van der Waals surface area contributed by atoms with E-state index in [1.54, 1.807) is 12.1 Å². The number of amides is 1. The smallest absolute Gasteiger partial charge is 0.223 e. The van der Waals surface area contributed by atoms with Crippen molar-refractivity contribution in [1.29, 1.82) is 0 Å². The molecule has 0 aromatic carbocycles. The van der Waals surface area contributed by atoms with Crippen molar-refractivity contribution in [3.05, 3.63) is 23.1 Å². The average Bonchev–Trinajstić information content (AvgIpc) is 2.45. The molecule has 0 aliphatic heterocycles. The molecule has 14 heavy (non-hydrogen) atoms. The highest BCUT2D eigenvalue weighted by Crippen LogP contribution is 2.26. The van der Waals surface area contributed by atoms with Crippen molar-refractivity contribution < 1.29 is 9.21 Å². The fraction of sp³-hybridized carbons (Fsp3) is 0.500. The average molecular weight is 214 g/mol. The molecule has 0 unspecified atom stereocenters. The van der Waals surface area contributed by atoms with Crippen LogP contribution in [0.3, 0.4) is 0 Å². The largest absolute Gasteiger partial charge is 0.448 e. The van der Waals surface area contributed by atoms with E-state index < -0.39 is 0 Å². The standard InChI is InChI=1S/C10H12ClNO2/c11-9-5-4-8(14-9)6-12-10(13)7-2-1-3-7/h4-5,7H,1-3,6H2,(H,12,13). The van der Waals surface area contributed by atoms with E-state index in [0.717, 1.165) is 12.8 Å². The van der Waals surface area contributed by atoms with Gasteiger partial charge in [-0.1, -0.05) is 6.42 Å². The number of rotatable bonds is 3. The molecule has 1 saturated carbocycles. The lowest BCUT2D eigenvalue weighted by Gasteiger charge is -2.23. The lowest BCUT2D eigenvalue weighted by Crippen LogP contribution is -2.33. The van der Waals surface area contributed by atoms with Gasteiger partial charge in [-0.3, -0.25) is 4.79 Å². The van der Waals surface area contributed by atoms with Crippen LogP contribution in [0.1, 0.15) is 25.0 Å². The molecule has 1 fully saturated rings. The van der Waals surface area contributed by atoms with E-state index in [1.807, 2.05) is 0 Å². The second-order valence-corrected chi connectivity index (χ2v) is 3.92. The van der Waals surface area contributed by atoms with E-state index in [0.29, 0.717) is 17.5 Å². The van der Waals surface area contributed by atoms with Crippen molar-refractivity contribution in [2.45, 2.75) is 25.8 Å². The summed E-state index contributed by atoms with van der Waals surface area (Å²) in [6.45, 7) is 0.433. The minimum absolute atomic E-state index is 0.128. The van der Waals surface area contributed by atoms with E-state index in [-0.39, 0.29) is 11.8 Å². The van der Waals surface area contributed by atoms with Gasteiger partial charge in [-0.05, 0) is 36.6 Å². The zero-order valence-electron chi connectivity index (χ0n) is 7.75. The molecule has 0 radical (unpaired) electrons. The molecule has 1 aliphatic rings. The first-order valence-corrected chi connectivity index (χ1v) is 5.15. The van der Waals surface area contributed by atoms with Crippen LogP contribution < -0.4 is 5.32 Å². The Morgan fingerprint density at radius 2 is 2.36 bits per heavy atom. The number of hydrogen-bond donors (Lipinski definition) is 1. The molecule has 1 aromatic heterocycles. The summed E-state index contributed by atoms with van der Waals surface area (Å²) < 4.78 is 5.12. The lowest BCUT2D eigenvalue weighted by molar-refractivity contribution is -0.127. The summed E-state index contributed by atoms with van der Waals surface area (Å²) in [4.78, 5) is 11.4. The maximum atomic E-state index is 11.4. The summed E-state index contributed by atoms with van der Waals surface area (Å²) in [6, 6.07) is 3.44. The molecule has 1 aliphatic carbocycles. The molecule has 4 heteroatoms. The molecule has 0 atom stereocenters. The molecule has 1 aromatic rings. The third kappa shape index (κ3) is 2.10. The van der Waals surface area contributed by atoms with Crippen LogP contribution in [-0.2, 0) is 11.3 Å². The minimum Gasteiger partial charge on any atom is -0.448 e. The summed E-state index contributed by atoms with van der Waals surface area (Å²) in [6.07, 6.45) is 3.21. The summed E-state index contributed by atoms with van der Waals surface area (Å²) >= 11 is 5.60. The van der Waals surface area contributed by atoms with Gasteiger partial charge in [-0.2, -0.15) is 0 Å². The molecule has 0 spiro atoms. The minimum atomic E-state index is 0.128. The first-order valence-electron chi connectivity index (χ1n) is 4.77. The van der Waals surface area contributed by atoms with Gasteiger partial charge >= 0.3 is 0 Å². The van der Waals surface area contributed by atoms with Crippen molar-refractivity contribution in [2.24, 2.45) is 5.92 Å². The van der Waals surface area contributed by atoms with Crippen LogP contribution >= 0.6 is 11.6 Å². The summed E-state index contributed by atoms with van der Waals surface area (Å²) in [7, 11) is 0. The second-order valence-electron chi connectivity index (χ2n) is 3.55. The number of carbonyl (C=O) groups is 1. The van der Waals surface area contributed by atoms with Crippen molar-refractivity contribution in [1.82, 2.24) is 5.32 Å². The van der Waals surface area contributed by atoms with Crippen LogP contribution in [0.15, 0.2) is 16.5 Å². The van der Waals surface area contributed by atoms with Crippen LogP contribution in [0.4, 0.5) is 0 Å². The van der Waals surface area contributed by atoms with Crippen LogP contribution in [0, 0.1) is 5.92 Å².